The van der Waals surface area contributed by atoms with E-state index in [0.29, 0.717) is 12.1 Å². The molecule has 1 aromatic carbocycles. The van der Waals surface area contributed by atoms with Crippen LogP contribution in [0.4, 0.5) is 26.3 Å². The van der Waals surface area contributed by atoms with E-state index >= 15 is 0 Å². The summed E-state index contributed by atoms with van der Waals surface area (Å²) in [6.07, 6.45) is -11.7. The van der Waals surface area contributed by atoms with Gasteiger partial charge in [0.25, 0.3) is 5.60 Å². The maximum Gasteiger partial charge on any atom is 1.00 e. The molecule has 1 N–H and O–H groups in total. The zero-order chi connectivity index (χ0) is 12.6. The summed E-state index contributed by atoms with van der Waals surface area (Å²) in [5.41, 5.74) is -6.09. The van der Waals surface area contributed by atoms with Crippen LogP contribution in [0, 0.1) is 0 Å². The van der Waals surface area contributed by atoms with Crippen LogP contribution in [0.25, 0.3) is 0 Å². The zero-order valence-electron chi connectivity index (χ0n) is 8.60. The molecule has 0 aliphatic carbocycles. The molecule has 0 spiro atoms. The first-order valence-corrected chi connectivity index (χ1v) is 4.02. The minimum atomic E-state index is -5.83. The normalized spacial score (nSPS) is 13.1. The number of halogens is 6. The van der Waals surface area contributed by atoms with Crippen LogP contribution in [-0.2, 0) is 5.60 Å². The van der Waals surface area contributed by atoms with Crippen molar-refractivity contribution in [2.45, 2.75) is 18.0 Å². The van der Waals surface area contributed by atoms with E-state index in [1.807, 2.05) is 0 Å². The first kappa shape index (κ1) is 16.8. The maximum absolute atomic E-state index is 12.3. The second-order valence-electron chi connectivity index (χ2n) is 3.07. The molecule has 1 aromatic rings. The third-order valence-electron chi connectivity index (χ3n) is 2.01. The quantitative estimate of drug-likeness (QED) is 0.561. The molecule has 1 nitrogen and oxygen atoms in total. The maximum atomic E-state index is 12.3. The Bertz CT molecular complexity index is 344. The first-order valence-electron chi connectivity index (χ1n) is 4.02. The molecule has 0 unspecified atom stereocenters. The van der Waals surface area contributed by atoms with Crippen LogP contribution in [0.3, 0.4) is 0 Å². The van der Waals surface area contributed by atoms with Crippen molar-refractivity contribution in [3.8, 4) is 0 Å². The van der Waals surface area contributed by atoms with Crippen LogP contribution in [-0.4, -0.2) is 17.5 Å². The Morgan fingerprint density at radius 3 is 1.41 bits per heavy atom. The Labute approximate surface area is 115 Å². The second kappa shape index (κ2) is 5.17. The Hall–Kier alpha value is -0.240. The molecule has 0 aliphatic heterocycles. The van der Waals surface area contributed by atoms with E-state index in [4.69, 9.17) is 5.11 Å². The van der Waals surface area contributed by atoms with Crippen molar-refractivity contribution in [1.82, 2.24) is 0 Å². The van der Waals surface area contributed by atoms with Crippen LogP contribution >= 0.6 is 0 Å². The van der Waals surface area contributed by atoms with Gasteiger partial charge < -0.3 is 5.11 Å². The van der Waals surface area contributed by atoms with Gasteiger partial charge in [-0.05, 0) is 0 Å². The van der Waals surface area contributed by atoms with Gasteiger partial charge in [0.1, 0.15) is 0 Å². The van der Waals surface area contributed by atoms with Gasteiger partial charge in [-0.1, -0.05) is 30.3 Å². The van der Waals surface area contributed by atoms with Gasteiger partial charge in [-0.25, -0.2) is 0 Å². The van der Waals surface area contributed by atoms with Crippen molar-refractivity contribution in [1.29, 1.82) is 0 Å². The number of aliphatic hydroxyl groups is 1. The summed E-state index contributed by atoms with van der Waals surface area (Å²) < 4.78 is 73.9. The van der Waals surface area contributed by atoms with Crippen LogP contribution in [0.2, 0.25) is 0 Å². The summed E-state index contributed by atoms with van der Waals surface area (Å²) in [6, 6.07) is 4.36. The second-order valence-corrected chi connectivity index (χ2v) is 3.07. The predicted octanol–water partition coefficient (Wildman–Crippen LogP) is 0.00280. The van der Waals surface area contributed by atoms with Gasteiger partial charge in [-0.2, -0.15) is 26.3 Å². The van der Waals surface area contributed by atoms with Crippen LogP contribution in [0.1, 0.15) is 5.56 Å². The molecule has 0 aliphatic rings. The van der Waals surface area contributed by atoms with Crippen LogP contribution in [0.15, 0.2) is 30.3 Å². The number of hydrogen-bond donors (Lipinski definition) is 1. The molecule has 0 aromatic heterocycles. The molecule has 8 heteroatoms. The van der Waals surface area contributed by atoms with E-state index in [9.17, 15) is 26.3 Å². The molecular formula is C9H6F6NaO+. The van der Waals surface area contributed by atoms with E-state index in [0.717, 1.165) is 12.1 Å². The summed E-state index contributed by atoms with van der Waals surface area (Å²) in [6.45, 7) is 0. The molecule has 17 heavy (non-hydrogen) atoms. The predicted molar refractivity (Wildman–Crippen MR) is 42.4 cm³/mol. The summed E-state index contributed by atoms with van der Waals surface area (Å²) >= 11 is 0. The summed E-state index contributed by atoms with van der Waals surface area (Å²) in [5, 5.41) is 8.91. The van der Waals surface area contributed by atoms with Gasteiger partial charge in [-0.3, -0.25) is 0 Å². The minimum absolute atomic E-state index is 0. The van der Waals surface area contributed by atoms with Crippen molar-refractivity contribution >= 4 is 0 Å². The number of rotatable bonds is 1. The standard InChI is InChI=1S/C9H6F6O.Na/c10-8(11,12)7(16,9(13,14)15)6-4-2-1-3-5-6;/h1-5,16H;/q;+1. The average Bonchev–Trinajstić information content (AvgIpc) is 2.14. The van der Waals surface area contributed by atoms with Gasteiger partial charge in [0.15, 0.2) is 0 Å². The monoisotopic (exact) mass is 267 g/mol. The Morgan fingerprint density at radius 1 is 0.765 bits per heavy atom. The van der Waals surface area contributed by atoms with E-state index in [-0.39, 0.29) is 29.6 Å². The number of alkyl halides is 6. The van der Waals surface area contributed by atoms with E-state index in [2.05, 4.69) is 0 Å². The van der Waals surface area contributed by atoms with Gasteiger partial charge in [0.05, 0.1) is 0 Å². The fourth-order valence-electron chi connectivity index (χ4n) is 1.17. The van der Waals surface area contributed by atoms with E-state index in [1.54, 1.807) is 0 Å². The van der Waals surface area contributed by atoms with Crippen LogP contribution < -0.4 is 29.6 Å². The van der Waals surface area contributed by atoms with Gasteiger partial charge in [0, 0.05) is 5.56 Å². The Morgan fingerprint density at radius 2 is 1.12 bits per heavy atom. The fraction of sp³-hybridized carbons (Fsp3) is 0.333. The largest absolute Gasteiger partial charge is 1.00 e. The smallest absolute Gasteiger partial charge is 0.369 e. The van der Waals surface area contributed by atoms with E-state index in [1.165, 1.54) is 6.07 Å². The third kappa shape index (κ3) is 2.96. The van der Waals surface area contributed by atoms with Gasteiger partial charge in [0.2, 0.25) is 0 Å². The molecule has 0 atom stereocenters. The Kier molecular flexibility index (Phi) is 5.10. The molecule has 0 heterocycles. The number of benzene rings is 1. The van der Waals surface area contributed by atoms with Crippen LogP contribution in [0.5, 0.6) is 0 Å². The minimum Gasteiger partial charge on any atom is -0.369 e. The van der Waals surface area contributed by atoms with Gasteiger partial charge >= 0.3 is 41.9 Å². The Balaban J connectivity index is 0.00000256. The first-order chi connectivity index (χ1) is 7.11. The van der Waals surface area contributed by atoms with Crippen molar-refractivity contribution < 1.29 is 61.0 Å². The van der Waals surface area contributed by atoms with Gasteiger partial charge in [-0.15, -0.1) is 0 Å². The molecule has 90 valence electrons. The molecule has 0 saturated heterocycles. The molecular weight excluding hydrogens is 261 g/mol. The van der Waals surface area contributed by atoms with E-state index < -0.39 is 23.5 Å². The van der Waals surface area contributed by atoms with Crippen molar-refractivity contribution in [3.63, 3.8) is 0 Å². The summed E-state index contributed by atoms with van der Waals surface area (Å²) in [5.74, 6) is 0. The molecule has 0 bridgehead atoms. The molecule has 1 rings (SSSR count). The molecule has 0 saturated carbocycles. The fourth-order valence-corrected chi connectivity index (χ4v) is 1.17. The van der Waals surface area contributed by atoms with Crippen molar-refractivity contribution in [3.05, 3.63) is 35.9 Å². The third-order valence-corrected chi connectivity index (χ3v) is 2.01. The summed E-state index contributed by atoms with van der Waals surface area (Å²) in [7, 11) is 0. The summed E-state index contributed by atoms with van der Waals surface area (Å²) in [4.78, 5) is 0. The number of hydrogen-bond acceptors (Lipinski definition) is 1. The van der Waals surface area contributed by atoms with Crippen molar-refractivity contribution in [2.75, 3.05) is 0 Å². The molecule has 0 amide bonds. The topological polar surface area (TPSA) is 20.2 Å². The van der Waals surface area contributed by atoms with Crippen molar-refractivity contribution in [2.24, 2.45) is 0 Å². The molecule has 0 radical (unpaired) electrons. The molecule has 0 fully saturated rings. The average molecular weight is 267 g/mol. The zero-order valence-corrected chi connectivity index (χ0v) is 10.6. The SMILES string of the molecule is OC(c1ccccc1)(C(F)(F)F)C(F)(F)F.[Na+].